The van der Waals surface area contributed by atoms with Crippen LogP contribution in [0.15, 0.2) is 30.5 Å². The molecule has 1 fully saturated rings. The normalized spacial score (nSPS) is 17.2. The molecule has 2 aromatic rings. The summed E-state index contributed by atoms with van der Waals surface area (Å²) in [6.07, 6.45) is 3.46. The number of piperidine rings is 1. The van der Waals surface area contributed by atoms with Gasteiger partial charge < -0.3 is 19.7 Å². The van der Waals surface area contributed by atoms with Gasteiger partial charge in [-0.15, -0.1) is 0 Å². The number of rotatable bonds is 7. The first-order chi connectivity index (χ1) is 12.7. The zero-order chi connectivity index (χ0) is 18.4. The third kappa shape index (κ3) is 4.82. The number of nitrogens with zero attached hydrogens (tertiary/aromatic N) is 3. The Hall–Kier alpha value is -2.41. The minimum absolute atomic E-state index is 0.369. The number of nitrogens with one attached hydrogen (secondary N) is 1. The smallest absolute Gasteiger partial charge is 0.229 e. The van der Waals surface area contributed by atoms with Crippen LogP contribution in [0, 0.1) is 11.7 Å². The average molecular weight is 360 g/mol. The van der Waals surface area contributed by atoms with Crippen LogP contribution < -0.4 is 15.0 Å². The number of hydrogen-bond donors (Lipinski definition) is 1. The van der Waals surface area contributed by atoms with Crippen LogP contribution in [0.3, 0.4) is 0 Å². The summed E-state index contributed by atoms with van der Waals surface area (Å²) in [6.45, 7) is 4.87. The minimum Gasteiger partial charge on any atom is -0.491 e. The van der Waals surface area contributed by atoms with E-state index >= 15 is 0 Å². The van der Waals surface area contributed by atoms with Crippen LogP contribution in [0.5, 0.6) is 5.75 Å². The lowest BCUT2D eigenvalue weighted by atomic mass is 10.0. The highest BCUT2D eigenvalue weighted by atomic mass is 19.1. The van der Waals surface area contributed by atoms with Gasteiger partial charge in [-0.3, -0.25) is 0 Å². The van der Waals surface area contributed by atoms with E-state index in [9.17, 15) is 4.39 Å². The molecule has 1 aliphatic heterocycles. The van der Waals surface area contributed by atoms with Gasteiger partial charge >= 0.3 is 0 Å². The van der Waals surface area contributed by atoms with E-state index in [1.807, 2.05) is 29.2 Å². The standard InChI is InChI=1S/C19H25FN4O2/c1-14-4-3-9-24(13-14)18-17(20)12-21-19(23-18)22-15-5-7-16(8-6-15)26-11-10-25-2/h5-8,12,14H,3-4,9-11,13H2,1-2H3,(H,21,22,23). The molecule has 0 bridgehead atoms. The van der Waals surface area contributed by atoms with E-state index in [0.717, 1.165) is 30.9 Å². The fourth-order valence-electron chi connectivity index (χ4n) is 3.03. The van der Waals surface area contributed by atoms with Crippen molar-refractivity contribution in [2.24, 2.45) is 5.92 Å². The second kappa shape index (κ2) is 8.80. The van der Waals surface area contributed by atoms with Crippen LogP contribution in [0.4, 0.5) is 21.8 Å². The summed E-state index contributed by atoms with van der Waals surface area (Å²) in [5.41, 5.74) is 0.814. The van der Waals surface area contributed by atoms with Crippen LogP contribution in [0.1, 0.15) is 19.8 Å². The van der Waals surface area contributed by atoms with Gasteiger partial charge in [0.25, 0.3) is 0 Å². The van der Waals surface area contributed by atoms with Crippen molar-refractivity contribution in [2.75, 3.05) is 43.6 Å². The number of hydrogen-bond acceptors (Lipinski definition) is 6. The summed E-state index contributed by atoms with van der Waals surface area (Å²) in [7, 11) is 1.64. The van der Waals surface area contributed by atoms with E-state index in [4.69, 9.17) is 9.47 Å². The molecule has 1 atom stereocenters. The molecule has 26 heavy (non-hydrogen) atoms. The fraction of sp³-hybridized carbons (Fsp3) is 0.474. The van der Waals surface area contributed by atoms with Crippen molar-refractivity contribution in [3.8, 4) is 5.75 Å². The molecule has 0 radical (unpaired) electrons. The summed E-state index contributed by atoms with van der Waals surface area (Å²) in [5, 5.41) is 3.12. The van der Waals surface area contributed by atoms with Crippen LogP contribution in [-0.2, 0) is 4.74 Å². The Kier molecular flexibility index (Phi) is 6.22. The molecular formula is C19H25FN4O2. The molecule has 1 aliphatic rings. The molecule has 0 saturated carbocycles. The third-order valence-corrected chi connectivity index (χ3v) is 4.35. The molecule has 2 heterocycles. The highest BCUT2D eigenvalue weighted by Crippen LogP contribution is 2.25. The van der Waals surface area contributed by atoms with Gasteiger partial charge in [0.2, 0.25) is 5.95 Å². The number of halogens is 1. The van der Waals surface area contributed by atoms with Crippen LogP contribution in [0.2, 0.25) is 0 Å². The van der Waals surface area contributed by atoms with E-state index in [0.29, 0.717) is 30.9 Å². The number of anilines is 3. The number of aromatic nitrogens is 2. The Morgan fingerprint density at radius 3 is 2.81 bits per heavy atom. The molecule has 0 amide bonds. The van der Waals surface area contributed by atoms with Gasteiger partial charge in [0.05, 0.1) is 12.8 Å². The van der Waals surface area contributed by atoms with Crippen molar-refractivity contribution in [1.82, 2.24) is 9.97 Å². The zero-order valence-electron chi connectivity index (χ0n) is 15.2. The molecule has 0 spiro atoms. The summed E-state index contributed by atoms with van der Waals surface area (Å²) in [6, 6.07) is 7.46. The topological polar surface area (TPSA) is 59.5 Å². The quantitative estimate of drug-likeness (QED) is 0.761. The Morgan fingerprint density at radius 2 is 2.08 bits per heavy atom. The number of methoxy groups -OCH3 is 1. The van der Waals surface area contributed by atoms with E-state index < -0.39 is 0 Å². The van der Waals surface area contributed by atoms with Crippen LogP contribution in [0.25, 0.3) is 0 Å². The fourth-order valence-corrected chi connectivity index (χ4v) is 3.03. The lowest BCUT2D eigenvalue weighted by Gasteiger charge is -2.32. The molecule has 1 N–H and O–H groups in total. The van der Waals surface area contributed by atoms with Gasteiger partial charge in [0.1, 0.15) is 12.4 Å². The lowest BCUT2D eigenvalue weighted by Crippen LogP contribution is -2.35. The largest absolute Gasteiger partial charge is 0.491 e. The Balaban J connectivity index is 1.67. The van der Waals surface area contributed by atoms with Crippen molar-refractivity contribution in [2.45, 2.75) is 19.8 Å². The predicted molar refractivity (Wildman–Crippen MR) is 99.7 cm³/mol. The van der Waals surface area contributed by atoms with Crippen LogP contribution >= 0.6 is 0 Å². The average Bonchev–Trinajstić information content (AvgIpc) is 2.65. The molecular weight excluding hydrogens is 335 g/mol. The molecule has 6 nitrogen and oxygen atoms in total. The molecule has 1 saturated heterocycles. The summed E-state index contributed by atoms with van der Waals surface area (Å²) < 4.78 is 24.7. The molecule has 140 valence electrons. The minimum atomic E-state index is -0.383. The summed E-state index contributed by atoms with van der Waals surface area (Å²) in [5.74, 6) is 1.67. The number of ether oxygens (including phenoxy) is 2. The number of benzene rings is 1. The summed E-state index contributed by atoms with van der Waals surface area (Å²) >= 11 is 0. The van der Waals surface area contributed by atoms with E-state index in [1.54, 1.807) is 7.11 Å². The molecule has 1 aromatic carbocycles. The molecule has 7 heteroatoms. The van der Waals surface area contributed by atoms with Crippen molar-refractivity contribution in [3.63, 3.8) is 0 Å². The second-order valence-electron chi connectivity index (χ2n) is 6.55. The summed E-state index contributed by atoms with van der Waals surface area (Å²) in [4.78, 5) is 10.5. The maximum atomic E-state index is 14.2. The first kappa shape index (κ1) is 18.4. The first-order valence-corrected chi connectivity index (χ1v) is 8.92. The van der Waals surface area contributed by atoms with Gasteiger partial charge in [-0.2, -0.15) is 4.98 Å². The predicted octanol–water partition coefficient (Wildman–Crippen LogP) is 3.62. The molecule has 1 unspecified atom stereocenters. The van der Waals surface area contributed by atoms with Crippen molar-refractivity contribution in [3.05, 3.63) is 36.3 Å². The Labute approximate surface area is 153 Å². The van der Waals surface area contributed by atoms with Gasteiger partial charge in [0, 0.05) is 25.9 Å². The maximum absolute atomic E-state index is 14.2. The first-order valence-electron chi connectivity index (χ1n) is 8.92. The van der Waals surface area contributed by atoms with Crippen molar-refractivity contribution >= 4 is 17.5 Å². The van der Waals surface area contributed by atoms with Gasteiger partial charge in [0.15, 0.2) is 11.6 Å². The molecule has 1 aromatic heterocycles. The van der Waals surface area contributed by atoms with Gasteiger partial charge in [-0.05, 0) is 43.0 Å². The highest BCUT2D eigenvalue weighted by molar-refractivity contribution is 5.56. The van der Waals surface area contributed by atoms with Gasteiger partial charge in [-0.1, -0.05) is 6.92 Å². The third-order valence-electron chi connectivity index (χ3n) is 4.35. The van der Waals surface area contributed by atoms with Gasteiger partial charge in [-0.25, -0.2) is 9.37 Å². The van der Waals surface area contributed by atoms with E-state index in [-0.39, 0.29) is 5.82 Å². The maximum Gasteiger partial charge on any atom is 0.229 e. The highest BCUT2D eigenvalue weighted by Gasteiger charge is 2.21. The molecule has 3 rings (SSSR count). The van der Waals surface area contributed by atoms with Crippen LogP contribution in [-0.4, -0.2) is 43.4 Å². The van der Waals surface area contributed by atoms with Crippen molar-refractivity contribution in [1.29, 1.82) is 0 Å². The Bertz CT molecular complexity index is 711. The van der Waals surface area contributed by atoms with Crippen molar-refractivity contribution < 1.29 is 13.9 Å². The zero-order valence-corrected chi connectivity index (χ0v) is 15.2. The molecule has 0 aliphatic carbocycles. The Morgan fingerprint density at radius 1 is 1.27 bits per heavy atom. The SMILES string of the molecule is COCCOc1ccc(Nc2ncc(F)c(N3CCCC(C)C3)n2)cc1. The second-order valence-corrected chi connectivity index (χ2v) is 6.55. The monoisotopic (exact) mass is 360 g/mol. The van der Waals surface area contributed by atoms with E-state index in [1.165, 1.54) is 12.6 Å². The van der Waals surface area contributed by atoms with E-state index in [2.05, 4.69) is 22.2 Å². The lowest BCUT2D eigenvalue weighted by molar-refractivity contribution is 0.146.